The summed E-state index contributed by atoms with van der Waals surface area (Å²) in [6, 6.07) is 0.472. The highest BCUT2D eigenvalue weighted by Gasteiger charge is 2.39. The molecule has 5 heteroatoms. The van der Waals surface area contributed by atoms with Crippen molar-refractivity contribution in [2.75, 3.05) is 19.0 Å². The van der Waals surface area contributed by atoms with E-state index >= 15 is 0 Å². The minimum Gasteiger partial charge on any atom is -0.465 e. The number of hydrogen-bond acceptors (Lipinski definition) is 5. The van der Waals surface area contributed by atoms with E-state index in [9.17, 15) is 4.79 Å². The van der Waals surface area contributed by atoms with Crippen LogP contribution in [-0.4, -0.2) is 46.9 Å². The van der Waals surface area contributed by atoms with E-state index in [4.69, 9.17) is 9.84 Å². The van der Waals surface area contributed by atoms with Crippen molar-refractivity contribution in [3.05, 3.63) is 0 Å². The third-order valence-corrected chi connectivity index (χ3v) is 4.25. The summed E-state index contributed by atoms with van der Waals surface area (Å²) >= 11 is 1.69. The number of carbonyl (C=O) groups is 1. The van der Waals surface area contributed by atoms with Gasteiger partial charge in [0.25, 0.3) is 0 Å². The van der Waals surface area contributed by atoms with Gasteiger partial charge in [-0.25, -0.2) is 0 Å². The average Bonchev–Trinajstić information content (AvgIpc) is 3.12. The van der Waals surface area contributed by atoms with Crippen LogP contribution in [0, 0.1) is 0 Å². The van der Waals surface area contributed by atoms with E-state index in [1.807, 2.05) is 20.8 Å². The lowest BCUT2D eigenvalue weighted by Crippen LogP contribution is -2.52. The molecular weight excluding hydrogens is 250 g/mol. The zero-order valence-electron chi connectivity index (χ0n) is 11.6. The molecule has 0 aliphatic heterocycles. The number of aliphatic hydroxyl groups is 1. The Labute approximate surface area is 114 Å². The molecule has 0 bridgehead atoms. The Hall–Kier alpha value is -0.260. The number of nitrogens with one attached hydrogen (secondary N) is 1. The Morgan fingerprint density at radius 2 is 2.28 bits per heavy atom. The van der Waals surface area contributed by atoms with E-state index in [1.165, 1.54) is 0 Å². The van der Waals surface area contributed by atoms with E-state index in [0.29, 0.717) is 12.6 Å². The van der Waals surface area contributed by atoms with E-state index in [1.54, 1.807) is 11.8 Å². The van der Waals surface area contributed by atoms with Gasteiger partial charge in [0.15, 0.2) is 0 Å². The summed E-state index contributed by atoms with van der Waals surface area (Å²) < 4.78 is 5.16. The van der Waals surface area contributed by atoms with Crippen molar-refractivity contribution in [1.29, 1.82) is 0 Å². The molecule has 106 valence electrons. The number of hydrogen-bond donors (Lipinski definition) is 2. The van der Waals surface area contributed by atoms with Gasteiger partial charge in [-0.15, -0.1) is 0 Å². The molecule has 1 rings (SSSR count). The lowest BCUT2D eigenvalue weighted by Gasteiger charge is -2.29. The number of esters is 1. The molecule has 0 aromatic rings. The van der Waals surface area contributed by atoms with Crippen LogP contribution >= 0.6 is 11.8 Å². The van der Waals surface area contributed by atoms with E-state index in [0.717, 1.165) is 25.0 Å². The molecule has 2 N–H and O–H groups in total. The van der Waals surface area contributed by atoms with Crippen LogP contribution in [0.1, 0.15) is 40.0 Å². The van der Waals surface area contributed by atoms with Gasteiger partial charge in [-0.05, 0) is 38.9 Å². The van der Waals surface area contributed by atoms with Crippen LogP contribution < -0.4 is 5.32 Å². The molecule has 2 unspecified atom stereocenters. The van der Waals surface area contributed by atoms with Crippen molar-refractivity contribution in [3.8, 4) is 0 Å². The van der Waals surface area contributed by atoms with Gasteiger partial charge in [-0.3, -0.25) is 10.1 Å². The van der Waals surface area contributed by atoms with Crippen LogP contribution in [-0.2, 0) is 9.53 Å². The second kappa shape index (κ2) is 7.36. The van der Waals surface area contributed by atoms with E-state index < -0.39 is 5.54 Å². The maximum Gasteiger partial charge on any atom is 0.326 e. The molecule has 0 saturated heterocycles. The standard InChI is InChI=1S/C13H25NO3S/c1-4-17-12(16)13(3,14-11-5-6-11)7-8-18-10(2)9-15/h10-11,14-15H,4-9H2,1-3H3. The molecule has 0 aromatic carbocycles. The van der Waals surface area contributed by atoms with Crippen LogP contribution in [0.25, 0.3) is 0 Å². The minimum absolute atomic E-state index is 0.158. The molecule has 18 heavy (non-hydrogen) atoms. The van der Waals surface area contributed by atoms with E-state index in [2.05, 4.69) is 5.32 Å². The largest absolute Gasteiger partial charge is 0.465 e. The maximum absolute atomic E-state index is 12.0. The summed E-state index contributed by atoms with van der Waals surface area (Å²) in [4.78, 5) is 12.0. The number of ether oxygens (including phenoxy) is 1. The lowest BCUT2D eigenvalue weighted by molar-refractivity contribution is -0.150. The van der Waals surface area contributed by atoms with Crippen LogP contribution in [0.3, 0.4) is 0 Å². The van der Waals surface area contributed by atoms with Crippen molar-refractivity contribution < 1.29 is 14.6 Å². The predicted octanol–water partition coefficient (Wildman–Crippen LogP) is 1.56. The zero-order valence-corrected chi connectivity index (χ0v) is 12.4. The van der Waals surface area contributed by atoms with Crippen molar-refractivity contribution in [3.63, 3.8) is 0 Å². The number of thioether (sulfide) groups is 1. The highest BCUT2D eigenvalue weighted by molar-refractivity contribution is 7.99. The van der Waals surface area contributed by atoms with Crippen molar-refractivity contribution in [2.45, 2.75) is 56.9 Å². The average molecular weight is 275 g/mol. The van der Waals surface area contributed by atoms with Gasteiger partial charge >= 0.3 is 5.97 Å². The minimum atomic E-state index is -0.584. The van der Waals surface area contributed by atoms with Gasteiger partial charge in [0, 0.05) is 11.3 Å². The van der Waals surface area contributed by atoms with Crippen molar-refractivity contribution in [1.82, 2.24) is 5.32 Å². The molecule has 1 saturated carbocycles. The van der Waals surface area contributed by atoms with Gasteiger partial charge in [-0.1, -0.05) is 6.92 Å². The summed E-state index contributed by atoms with van der Waals surface area (Å²) in [5.74, 6) is 0.686. The Morgan fingerprint density at radius 1 is 1.61 bits per heavy atom. The molecule has 0 spiro atoms. The number of rotatable bonds is 9. The fourth-order valence-electron chi connectivity index (χ4n) is 1.72. The summed E-state index contributed by atoms with van der Waals surface area (Å²) in [7, 11) is 0. The molecule has 1 fully saturated rings. The highest BCUT2D eigenvalue weighted by atomic mass is 32.2. The summed E-state index contributed by atoms with van der Waals surface area (Å²) in [5, 5.41) is 12.6. The monoisotopic (exact) mass is 275 g/mol. The third kappa shape index (κ3) is 5.16. The molecule has 0 radical (unpaired) electrons. The lowest BCUT2D eigenvalue weighted by atomic mass is 9.99. The zero-order chi connectivity index (χ0) is 13.6. The Balaban J connectivity index is 2.45. The predicted molar refractivity (Wildman–Crippen MR) is 74.8 cm³/mol. The van der Waals surface area contributed by atoms with Crippen LogP contribution in [0.15, 0.2) is 0 Å². The third-order valence-electron chi connectivity index (χ3n) is 3.09. The van der Waals surface area contributed by atoms with Crippen molar-refractivity contribution >= 4 is 17.7 Å². The molecular formula is C13H25NO3S. The van der Waals surface area contributed by atoms with Crippen molar-refractivity contribution in [2.24, 2.45) is 0 Å². The van der Waals surface area contributed by atoms with Crippen LogP contribution in [0.5, 0.6) is 0 Å². The Bertz CT molecular complexity index is 271. The molecule has 0 heterocycles. The van der Waals surface area contributed by atoms with Crippen LogP contribution in [0.2, 0.25) is 0 Å². The topological polar surface area (TPSA) is 58.6 Å². The molecule has 4 nitrogen and oxygen atoms in total. The second-order valence-corrected chi connectivity index (χ2v) is 6.63. The maximum atomic E-state index is 12.0. The normalized spacial score (nSPS) is 20.2. The van der Waals surface area contributed by atoms with E-state index in [-0.39, 0.29) is 17.8 Å². The first-order chi connectivity index (χ1) is 8.51. The summed E-state index contributed by atoms with van der Waals surface area (Å²) in [5.41, 5.74) is -0.584. The fourth-order valence-corrected chi connectivity index (χ4v) is 2.75. The Kier molecular flexibility index (Phi) is 6.46. The van der Waals surface area contributed by atoms with Crippen LogP contribution in [0.4, 0.5) is 0 Å². The highest BCUT2D eigenvalue weighted by Crippen LogP contribution is 2.26. The first kappa shape index (κ1) is 15.8. The first-order valence-electron chi connectivity index (χ1n) is 6.69. The molecule has 0 amide bonds. The molecule has 2 atom stereocenters. The fraction of sp³-hybridized carbons (Fsp3) is 0.923. The van der Waals surface area contributed by atoms with Gasteiger partial charge in [0.05, 0.1) is 13.2 Å². The van der Waals surface area contributed by atoms with Gasteiger partial charge in [0.1, 0.15) is 5.54 Å². The van der Waals surface area contributed by atoms with Gasteiger partial charge in [0.2, 0.25) is 0 Å². The smallest absolute Gasteiger partial charge is 0.326 e. The summed E-state index contributed by atoms with van der Waals surface area (Å²) in [6.07, 6.45) is 3.03. The molecule has 0 aromatic heterocycles. The molecule has 1 aliphatic rings. The SMILES string of the molecule is CCOC(=O)C(C)(CCSC(C)CO)NC1CC1. The summed E-state index contributed by atoms with van der Waals surface area (Å²) in [6.45, 7) is 6.34. The first-order valence-corrected chi connectivity index (χ1v) is 7.74. The quantitative estimate of drug-likeness (QED) is 0.626. The molecule has 1 aliphatic carbocycles. The number of carbonyl (C=O) groups excluding carboxylic acids is 1. The van der Waals surface area contributed by atoms with Gasteiger partial charge < -0.3 is 9.84 Å². The van der Waals surface area contributed by atoms with Gasteiger partial charge in [-0.2, -0.15) is 11.8 Å². The second-order valence-electron chi connectivity index (χ2n) is 5.09. The Morgan fingerprint density at radius 3 is 2.78 bits per heavy atom. The number of aliphatic hydroxyl groups excluding tert-OH is 1.